The lowest BCUT2D eigenvalue weighted by atomic mass is 10.1. The van der Waals surface area contributed by atoms with Gasteiger partial charge in [0.05, 0.1) is 13.2 Å². The molecule has 148 valence electrons. The molecule has 1 aliphatic rings. The summed E-state index contributed by atoms with van der Waals surface area (Å²) in [6, 6.07) is 4.15. The normalized spacial score (nSPS) is 15.6. The van der Waals surface area contributed by atoms with Crippen LogP contribution in [0.15, 0.2) is 23.5 Å². The Morgan fingerprint density at radius 1 is 1.37 bits per heavy atom. The van der Waals surface area contributed by atoms with Crippen molar-refractivity contribution in [1.29, 1.82) is 0 Å². The molecule has 2 N–H and O–H groups in total. The molecule has 0 bridgehead atoms. The van der Waals surface area contributed by atoms with Crippen LogP contribution in [0.3, 0.4) is 0 Å². The molecule has 9 heteroatoms. The lowest BCUT2D eigenvalue weighted by Gasteiger charge is -2.15. The number of hydrogen-bond donors (Lipinski definition) is 2. The zero-order valence-corrected chi connectivity index (χ0v) is 18.5. The number of aromatic nitrogens is 3. The number of nitrogens with zero attached hydrogens (tertiary/aromatic N) is 4. The predicted molar refractivity (Wildman–Crippen MR) is 115 cm³/mol. The Balaban J connectivity index is 0.00000261. The highest BCUT2D eigenvalue weighted by Crippen LogP contribution is 2.35. The Bertz CT molecular complexity index is 792. The summed E-state index contributed by atoms with van der Waals surface area (Å²) in [6.07, 6.45) is 2.81. The van der Waals surface area contributed by atoms with Gasteiger partial charge in [-0.25, -0.2) is 0 Å². The highest BCUT2D eigenvalue weighted by molar-refractivity contribution is 14.0. The van der Waals surface area contributed by atoms with Crippen LogP contribution in [0.25, 0.3) is 0 Å². The first kappa shape index (κ1) is 21.3. The van der Waals surface area contributed by atoms with Gasteiger partial charge in [0.25, 0.3) is 0 Å². The monoisotopic (exact) mass is 486 g/mol. The summed E-state index contributed by atoms with van der Waals surface area (Å²) in [5, 5.41) is 14.5. The second kappa shape index (κ2) is 9.77. The number of rotatable bonds is 6. The van der Waals surface area contributed by atoms with Crippen LogP contribution in [0.5, 0.6) is 11.5 Å². The van der Waals surface area contributed by atoms with E-state index in [2.05, 4.69) is 44.9 Å². The first-order valence-electron chi connectivity index (χ1n) is 8.83. The maximum atomic E-state index is 5.88. The molecule has 2 aromatic rings. The molecule has 27 heavy (non-hydrogen) atoms. The standard InChI is InChI=1S/C18H26N6O2.HI/c1-5-25-15-7-13-6-12(2)26-16(13)8-14(15)9-20-18(19-3)21-10-17-23-22-11-24(17)4;/h7-8,11-12H,5-6,9-10H2,1-4H3,(H2,19,20,21);1H. The first-order chi connectivity index (χ1) is 12.6. The summed E-state index contributed by atoms with van der Waals surface area (Å²) in [6.45, 7) is 5.82. The average molecular weight is 486 g/mol. The maximum absolute atomic E-state index is 5.88. The topological polar surface area (TPSA) is 85.6 Å². The van der Waals surface area contributed by atoms with E-state index < -0.39 is 0 Å². The molecule has 3 rings (SSSR count). The zero-order valence-electron chi connectivity index (χ0n) is 16.2. The predicted octanol–water partition coefficient (Wildman–Crippen LogP) is 2.02. The Kier molecular flexibility index (Phi) is 7.69. The maximum Gasteiger partial charge on any atom is 0.191 e. The fourth-order valence-electron chi connectivity index (χ4n) is 2.94. The van der Waals surface area contributed by atoms with Crippen LogP contribution in [0.4, 0.5) is 0 Å². The molecule has 1 aromatic carbocycles. The van der Waals surface area contributed by atoms with Gasteiger partial charge in [0.2, 0.25) is 0 Å². The van der Waals surface area contributed by atoms with Crippen molar-refractivity contribution in [3.05, 3.63) is 35.4 Å². The lowest BCUT2D eigenvalue weighted by molar-refractivity contribution is 0.254. The van der Waals surface area contributed by atoms with Crippen LogP contribution >= 0.6 is 24.0 Å². The van der Waals surface area contributed by atoms with Gasteiger partial charge in [-0.05, 0) is 26.0 Å². The molecule has 0 radical (unpaired) electrons. The average Bonchev–Trinajstić information content (AvgIpc) is 3.19. The van der Waals surface area contributed by atoms with Crippen molar-refractivity contribution >= 4 is 29.9 Å². The third-order valence-corrected chi connectivity index (χ3v) is 4.27. The summed E-state index contributed by atoms with van der Waals surface area (Å²) in [5.74, 6) is 3.35. The molecule has 8 nitrogen and oxygen atoms in total. The molecular formula is C18H27IN6O2. The molecule has 1 aromatic heterocycles. The SMILES string of the molecule is CCOc1cc2c(cc1CNC(=NC)NCc1nncn1C)OC(C)C2.I. The second-order valence-electron chi connectivity index (χ2n) is 6.27. The minimum atomic E-state index is 0. The van der Waals surface area contributed by atoms with Gasteiger partial charge >= 0.3 is 0 Å². The van der Waals surface area contributed by atoms with E-state index in [9.17, 15) is 0 Å². The molecule has 0 saturated carbocycles. The third-order valence-electron chi connectivity index (χ3n) is 4.27. The highest BCUT2D eigenvalue weighted by Gasteiger charge is 2.21. The fraction of sp³-hybridized carbons (Fsp3) is 0.500. The molecule has 1 aliphatic heterocycles. The van der Waals surface area contributed by atoms with Gasteiger partial charge in [-0.15, -0.1) is 34.2 Å². The molecule has 0 aliphatic carbocycles. The van der Waals surface area contributed by atoms with Crippen LogP contribution in [0, 0.1) is 0 Å². The van der Waals surface area contributed by atoms with Gasteiger partial charge in [0.15, 0.2) is 11.8 Å². The van der Waals surface area contributed by atoms with Crippen LogP contribution < -0.4 is 20.1 Å². The van der Waals surface area contributed by atoms with Crippen molar-refractivity contribution in [1.82, 2.24) is 25.4 Å². The van der Waals surface area contributed by atoms with Crippen LogP contribution in [0.2, 0.25) is 0 Å². The largest absolute Gasteiger partial charge is 0.494 e. The van der Waals surface area contributed by atoms with Crippen LogP contribution in [-0.4, -0.2) is 40.5 Å². The number of hydrogen-bond acceptors (Lipinski definition) is 5. The van der Waals surface area contributed by atoms with Crippen LogP contribution in [-0.2, 0) is 26.6 Å². The van der Waals surface area contributed by atoms with E-state index in [0.717, 1.165) is 29.3 Å². The van der Waals surface area contributed by atoms with Gasteiger partial charge in [-0.3, -0.25) is 4.99 Å². The van der Waals surface area contributed by atoms with Crippen LogP contribution in [0.1, 0.15) is 30.8 Å². The summed E-state index contributed by atoms with van der Waals surface area (Å²) in [5.41, 5.74) is 2.25. The van der Waals surface area contributed by atoms with E-state index in [1.54, 1.807) is 13.4 Å². The second-order valence-corrected chi connectivity index (χ2v) is 6.27. The van der Waals surface area contributed by atoms with Gasteiger partial charge in [-0.1, -0.05) is 0 Å². The minimum absolute atomic E-state index is 0. The van der Waals surface area contributed by atoms with Crippen molar-refractivity contribution in [3.63, 3.8) is 0 Å². The van der Waals surface area contributed by atoms with Gasteiger partial charge in [-0.2, -0.15) is 0 Å². The fourth-order valence-corrected chi connectivity index (χ4v) is 2.94. The number of guanidine groups is 1. The Labute approximate surface area is 176 Å². The number of ether oxygens (including phenoxy) is 2. The van der Waals surface area contributed by atoms with Gasteiger partial charge < -0.3 is 24.7 Å². The molecule has 1 atom stereocenters. The van der Waals surface area contributed by atoms with E-state index in [-0.39, 0.29) is 30.1 Å². The Morgan fingerprint density at radius 2 is 2.15 bits per heavy atom. The number of nitrogens with one attached hydrogen (secondary N) is 2. The lowest BCUT2D eigenvalue weighted by Crippen LogP contribution is -2.37. The molecule has 1 unspecified atom stereocenters. The van der Waals surface area contributed by atoms with Crippen molar-refractivity contribution in [2.24, 2.45) is 12.0 Å². The van der Waals surface area contributed by atoms with Crippen molar-refractivity contribution in [3.8, 4) is 11.5 Å². The number of aryl methyl sites for hydroxylation is 1. The first-order valence-corrected chi connectivity index (χ1v) is 8.83. The number of fused-ring (bicyclic) bond motifs is 1. The van der Waals surface area contributed by atoms with Crippen molar-refractivity contribution < 1.29 is 9.47 Å². The quantitative estimate of drug-likeness (QED) is 0.369. The molecule has 0 spiro atoms. The Hall–Kier alpha value is -2.04. The van der Waals surface area contributed by atoms with E-state index in [1.807, 2.05) is 18.5 Å². The summed E-state index contributed by atoms with van der Waals surface area (Å²) >= 11 is 0. The number of halogens is 1. The molecule has 2 heterocycles. The highest BCUT2D eigenvalue weighted by atomic mass is 127. The smallest absolute Gasteiger partial charge is 0.191 e. The molecular weight excluding hydrogens is 459 g/mol. The van der Waals surface area contributed by atoms with Crippen molar-refractivity contribution in [2.75, 3.05) is 13.7 Å². The number of aliphatic imine (C=N–C) groups is 1. The summed E-state index contributed by atoms with van der Waals surface area (Å²) < 4.78 is 13.6. The van der Waals surface area contributed by atoms with Crippen molar-refractivity contribution in [2.45, 2.75) is 39.5 Å². The summed E-state index contributed by atoms with van der Waals surface area (Å²) in [4.78, 5) is 4.26. The van der Waals surface area contributed by atoms with E-state index >= 15 is 0 Å². The zero-order chi connectivity index (χ0) is 18.5. The minimum Gasteiger partial charge on any atom is -0.494 e. The third kappa shape index (κ3) is 5.24. The molecule has 0 amide bonds. The van der Waals surface area contributed by atoms with E-state index in [0.29, 0.717) is 25.7 Å². The van der Waals surface area contributed by atoms with E-state index in [1.165, 1.54) is 5.56 Å². The summed E-state index contributed by atoms with van der Waals surface area (Å²) in [7, 11) is 3.65. The Morgan fingerprint density at radius 3 is 2.81 bits per heavy atom. The molecule has 0 fully saturated rings. The van der Waals surface area contributed by atoms with E-state index in [4.69, 9.17) is 9.47 Å². The molecule has 0 saturated heterocycles. The van der Waals surface area contributed by atoms with Gasteiger partial charge in [0.1, 0.15) is 23.9 Å². The van der Waals surface area contributed by atoms with Gasteiger partial charge in [0, 0.05) is 38.2 Å². The number of benzene rings is 1.